The summed E-state index contributed by atoms with van der Waals surface area (Å²) in [5.74, 6) is -4.86. The van der Waals surface area contributed by atoms with Crippen LogP contribution in [0.2, 0.25) is 0 Å². The fourth-order valence-corrected chi connectivity index (χ4v) is 9.30. The van der Waals surface area contributed by atoms with Gasteiger partial charge in [0.15, 0.2) is 12.4 Å². The molecule has 248 valence electrons. The van der Waals surface area contributed by atoms with Crippen LogP contribution in [-0.2, 0) is 19.1 Å². The van der Waals surface area contributed by atoms with E-state index in [-0.39, 0.29) is 51.9 Å². The Balaban J connectivity index is 1.25. The number of hydrogen-bond acceptors (Lipinski definition) is 10. The second-order valence-corrected chi connectivity index (χ2v) is 14.4. The summed E-state index contributed by atoms with van der Waals surface area (Å²) in [7, 11) is 0. The van der Waals surface area contributed by atoms with E-state index in [0.29, 0.717) is 12.8 Å². The maximum Gasteiger partial charge on any atom is 0.344 e. The second-order valence-electron chi connectivity index (χ2n) is 14.4. The number of fused-ring (bicyclic) bond motifs is 2. The largest absolute Gasteiger partial charge is 0.507 e. The number of carbonyl (C=O) groups excluding carboxylic acids is 5. The van der Waals surface area contributed by atoms with Crippen LogP contribution in [-0.4, -0.2) is 63.4 Å². The summed E-state index contributed by atoms with van der Waals surface area (Å²) < 4.78 is 11.4. The number of hydrogen-bond donors (Lipinski definition) is 3. The lowest BCUT2D eigenvalue weighted by Crippen LogP contribution is -2.63. The molecule has 0 aromatic heterocycles. The smallest absolute Gasteiger partial charge is 0.344 e. The standard InChI is InChI=1S/C37H40O10/c1-6-35(4)16-26(36(5)18(2)10-12-37(19(3)33(35)44)13-11-24(39)32(36)37)47-27(41)17-46-34(45)20-14-22-29(25(40)15-20)31(43)28-21(30(22)42)8-7-9-23(28)38/h6-9,14-15,18-19,26,32-33,38,40,44H,1,10-13,16-17H2,2-5H3/t18-,19+,26-,32?,33+,35-,36+,37+/m0/s1. The van der Waals surface area contributed by atoms with Gasteiger partial charge in [0.05, 0.1) is 22.8 Å². The highest BCUT2D eigenvalue weighted by atomic mass is 16.6. The van der Waals surface area contributed by atoms with E-state index in [1.54, 1.807) is 6.08 Å². The fraction of sp³-hybridized carbons (Fsp3) is 0.486. The molecule has 4 aliphatic carbocycles. The number of benzene rings is 2. The van der Waals surface area contributed by atoms with Crippen LogP contribution < -0.4 is 0 Å². The summed E-state index contributed by atoms with van der Waals surface area (Å²) in [5.41, 5.74) is -3.18. The third kappa shape index (κ3) is 4.66. The Labute approximate surface area is 272 Å². The topological polar surface area (TPSA) is 164 Å². The van der Waals surface area contributed by atoms with Gasteiger partial charge in [-0.15, -0.1) is 6.58 Å². The minimum absolute atomic E-state index is 0.0188. The number of aliphatic hydroxyl groups is 1. The van der Waals surface area contributed by atoms with Gasteiger partial charge < -0.3 is 24.8 Å². The van der Waals surface area contributed by atoms with Crippen LogP contribution in [0.25, 0.3) is 0 Å². The highest BCUT2D eigenvalue weighted by Gasteiger charge is 2.68. The summed E-state index contributed by atoms with van der Waals surface area (Å²) in [6, 6.07) is 6.09. The summed E-state index contributed by atoms with van der Waals surface area (Å²) in [6.45, 7) is 11.2. The molecule has 1 unspecified atom stereocenters. The van der Waals surface area contributed by atoms with E-state index in [2.05, 4.69) is 13.5 Å². The van der Waals surface area contributed by atoms with Crippen molar-refractivity contribution in [2.24, 2.45) is 34.0 Å². The number of Topliss-reactive ketones (excluding diaryl/α,β-unsaturated/α-hetero) is 1. The molecular formula is C37H40O10. The number of ketones is 3. The van der Waals surface area contributed by atoms with E-state index < -0.39 is 76.0 Å². The molecule has 4 aliphatic rings. The summed E-state index contributed by atoms with van der Waals surface area (Å²) in [5, 5.41) is 32.5. The molecule has 2 aromatic rings. The molecule has 8 atom stereocenters. The molecule has 47 heavy (non-hydrogen) atoms. The van der Waals surface area contributed by atoms with Gasteiger partial charge in [0.2, 0.25) is 5.78 Å². The molecular weight excluding hydrogens is 604 g/mol. The quantitative estimate of drug-likeness (QED) is 0.256. The van der Waals surface area contributed by atoms with Crippen molar-refractivity contribution in [1.29, 1.82) is 0 Å². The summed E-state index contributed by atoms with van der Waals surface area (Å²) in [4.78, 5) is 66.3. The van der Waals surface area contributed by atoms with E-state index in [1.165, 1.54) is 18.2 Å². The lowest BCUT2D eigenvalue weighted by molar-refractivity contribution is -0.207. The van der Waals surface area contributed by atoms with Crippen molar-refractivity contribution in [1.82, 2.24) is 0 Å². The molecule has 10 nitrogen and oxygen atoms in total. The molecule has 10 heteroatoms. The van der Waals surface area contributed by atoms with Crippen LogP contribution in [0.5, 0.6) is 11.5 Å². The number of carbonyl (C=O) groups is 5. The number of aliphatic hydroxyl groups excluding tert-OH is 1. The van der Waals surface area contributed by atoms with Crippen molar-refractivity contribution in [2.45, 2.75) is 72.0 Å². The first-order valence-electron chi connectivity index (χ1n) is 16.1. The van der Waals surface area contributed by atoms with Crippen LogP contribution in [0.3, 0.4) is 0 Å². The fourth-order valence-electron chi connectivity index (χ4n) is 9.30. The first kappa shape index (κ1) is 32.6. The third-order valence-corrected chi connectivity index (χ3v) is 12.2. The van der Waals surface area contributed by atoms with E-state index in [4.69, 9.17) is 9.47 Å². The molecule has 0 aliphatic heterocycles. The highest BCUT2D eigenvalue weighted by Crippen LogP contribution is 2.68. The Kier molecular flexibility index (Phi) is 7.74. The van der Waals surface area contributed by atoms with Crippen molar-refractivity contribution < 1.29 is 48.8 Å². The molecule has 2 bridgehead atoms. The summed E-state index contributed by atoms with van der Waals surface area (Å²) in [6.07, 6.45) is 2.95. The minimum Gasteiger partial charge on any atom is -0.507 e. The van der Waals surface area contributed by atoms with Gasteiger partial charge >= 0.3 is 11.9 Å². The van der Waals surface area contributed by atoms with Crippen LogP contribution in [0.15, 0.2) is 43.0 Å². The normalized spacial score (nSPS) is 34.3. The average Bonchev–Trinajstić information content (AvgIpc) is 3.40. The number of phenols is 2. The number of phenolic OH excluding ortho intramolecular Hbond substituents is 2. The molecule has 0 spiro atoms. The van der Waals surface area contributed by atoms with Crippen molar-refractivity contribution in [3.05, 3.63) is 70.8 Å². The first-order chi connectivity index (χ1) is 22.1. The zero-order valence-electron chi connectivity index (χ0n) is 27.0. The van der Waals surface area contributed by atoms with Crippen molar-refractivity contribution in [2.75, 3.05) is 6.61 Å². The molecule has 6 rings (SSSR count). The zero-order chi connectivity index (χ0) is 34.2. The van der Waals surface area contributed by atoms with Crippen LogP contribution in [0, 0.1) is 34.0 Å². The number of rotatable bonds is 5. The first-order valence-corrected chi connectivity index (χ1v) is 16.1. The molecule has 0 saturated heterocycles. The molecule has 2 aromatic carbocycles. The van der Waals surface area contributed by atoms with Crippen LogP contribution >= 0.6 is 0 Å². The van der Waals surface area contributed by atoms with E-state index >= 15 is 0 Å². The van der Waals surface area contributed by atoms with Gasteiger partial charge in [0.25, 0.3) is 0 Å². The maximum absolute atomic E-state index is 13.6. The number of esters is 2. The second kappa shape index (κ2) is 11.1. The SMILES string of the molecule is C=C[C@@]1(C)C[C@H](OC(=O)COC(=O)c2cc(O)c3c(c2)C(=O)c2cccc(O)c2C3=O)[C@]2(C)C3C(=O)CC[C@]3(CC[C@@H]2C)[C@H](C)[C@H]1O. The molecule has 0 heterocycles. The summed E-state index contributed by atoms with van der Waals surface area (Å²) >= 11 is 0. The van der Waals surface area contributed by atoms with Gasteiger partial charge in [-0.1, -0.05) is 45.9 Å². The number of ether oxygens (including phenoxy) is 2. The maximum atomic E-state index is 13.6. The Hall–Kier alpha value is -4.31. The Morgan fingerprint density at radius 3 is 2.40 bits per heavy atom. The van der Waals surface area contributed by atoms with Gasteiger partial charge in [-0.2, -0.15) is 0 Å². The van der Waals surface area contributed by atoms with Crippen molar-refractivity contribution in [3.8, 4) is 11.5 Å². The predicted octanol–water partition coefficient (Wildman–Crippen LogP) is 4.94. The van der Waals surface area contributed by atoms with Crippen LogP contribution in [0.4, 0.5) is 0 Å². The molecule has 0 radical (unpaired) electrons. The Bertz CT molecular complexity index is 1740. The third-order valence-electron chi connectivity index (χ3n) is 12.2. The Morgan fingerprint density at radius 1 is 1.00 bits per heavy atom. The van der Waals surface area contributed by atoms with E-state index in [1.807, 2.05) is 20.8 Å². The van der Waals surface area contributed by atoms with Crippen molar-refractivity contribution in [3.63, 3.8) is 0 Å². The lowest BCUT2D eigenvalue weighted by Gasteiger charge is -2.61. The number of aromatic hydroxyl groups is 2. The van der Waals surface area contributed by atoms with Gasteiger partial charge in [-0.3, -0.25) is 14.4 Å². The zero-order valence-corrected chi connectivity index (χ0v) is 27.0. The highest BCUT2D eigenvalue weighted by molar-refractivity contribution is 6.30. The van der Waals surface area contributed by atoms with Gasteiger partial charge in [-0.25, -0.2) is 9.59 Å². The van der Waals surface area contributed by atoms with E-state index in [0.717, 1.165) is 25.0 Å². The van der Waals surface area contributed by atoms with Gasteiger partial charge in [-0.05, 0) is 61.1 Å². The molecule has 3 fully saturated rings. The average molecular weight is 645 g/mol. The Morgan fingerprint density at radius 2 is 1.70 bits per heavy atom. The molecule has 3 N–H and O–H groups in total. The van der Waals surface area contributed by atoms with E-state index in [9.17, 15) is 39.3 Å². The predicted molar refractivity (Wildman–Crippen MR) is 168 cm³/mol. The van der Waals surface area contributed by atoms with Crippen molar-refractivity contribution >= 4 is 29.3 Å². The van der Waals surface area contributed by atoms with Crippen LogP contribution in [0.1, 0.15) is 102 Å². The lowest BCUT2D eigenvalue weighted by atomic mass is 9.44. The van der Waals surface area contributed by atoms with Gasteiger partial charge in [0, 0.05) is 34.3 Å². The van der Waals surface area contributed by atoms with Gasteiger partial charge in [0.1, 0.15) is 23.4 Å². The monoisotopic (exact) mass is 644 g/mol. The minimum atomic E-state index is -1.04. The molecule has 3 saturated carbocycles. The molecule has 0 amide bonds.